The van der Waals surface area contributed by atoms with Crippen LogP contribution in [0.25, 0.3) is 0 Å². The Kier molecular flexibility index (Phi) is 5.14. The first-order valence-electron chi connectivity index (χ1n) is 6.02. The molecule has 2 aromatic carbocycles. The summed E-state index contributed by atoms with van der Waals surface area (Å²) in [5, 5.41) is 4.43. The second kappa shape index (κ2) is 6.65. The van der Waals surface area contributed by atoms with Gasteiger partial charge in [0, 0.05) is 11.0 Å². The lowest BCUT2D eigenvalue weighted by Gasteiger charge is -2.15. The van der Waals surface area contributed by atoms with Crippen molar-refractivity contribution in [2.24, 2.45) is 0 Å². The van der Waals surface area contributed by atoms with Crippen LogP contribution in [-0.2, 0) is 0 Å². The van der Waals surface area contributed by atoms with Gasteiger partial charge in [-0.05, 0) is 39.5 Å². The molecule has 2 rings (SSSR count). The zero-order valence-electron chi connectivity index (χ0n) is 10.5. The van der Waals surface area contributed by atoms with Crippen molar-refractivity contribution in [2.45, 2.75) is 12.8 Å². The van der Waals surface area contributed by atoms with Crippen LogP contribution in [-0.4, -0.2) is 6.54 Å². The van der Waals surface area contributed by atoms with Gasteiger partial charge in [0.05, 0.1) is 15.7 Å². The molecule has 0 aliphatic heterocycles. The van der Waals surface area contributed by atoms with Crippen LogP contribution in [0, 0.1) is 0 Å². The molecule has 2 aromatic rings. The molecule has 0 aliphatic carbocycles. The minimum Gasteiger partial charge on any atom is -0.383 e. The van der Waals surface area contributed by atoms with Gasteiger partial charge in [-0.1, -0.05) is 60.5 Å². The summed E-state index contributed by atoms with van der Waals surface area (Å²) in [6.07, 6.45) is 0. The number of benzene rings is 2. The van der Waals surface area contributed by atoms with Gasteiger partial charge in [-0.2, -0.15) is 0 Å². The topological polar surface area (TPSA) is 12.0 Å². The van der Waals surface area contributed by atoms with Gasteiger partial charge >= 0.3 is 0 Å². The lowest BCUT2D eigenvalue weighted by Crippen LogP contribution is -2.10. The molecule has 0 saturated heterocycles. The first-order valence-corrected chi connectivity index (χ1v) is 7.57. The Balaban J connectivity index is 2.05. The van der Waals surface area contributed by atoms with Crippen molar-refractivity contribution >= 4 is 44.8 Å². The number of hydrogen-bond acceptors (Lipinski definition) is 1. The normalized spacial score (nSPS) is 12.2. The highest BCUT2D eigenvalue weighted by atomic mass is 79.9. The molecule has 1 N–H and O–H groups in total. The summed E-state index contributed by atoms with van der Waals surface area (Å²) < 4.78 is 0.806. The van der Waals surface area contributed by atoms with Crippen LogP contribution in [0.4, 0.5) is 5.69 Å². The largest absolute Gasteiger partial charge is 0.383 e. The first-order chi connectivity index (χ1) is 9.09. The summed E-state index contributed by atoms with van der Waals surface area (Å²) in [5.74, 6) is 0.402. The molecule has 1 atom stereocenters. The highest BCUT2D eigenvalue weighted by Crippen LogP contribution is 2.36. The van der Waals surface area contributed by atoms with Crippen molar-refractivity contribution in [3.05, 3.63) is 62.5 Å². The fourth-order valence-corrected chi connectivity index (χ4v) is 2.67. The molecular formula is C15H14BrCl2N. The van der Waals surface area contributed by atoms with E-state index in [2.05, 4.69) is 52.4 Å². The van der Waals surface area contributed by atoms with Crippen molar-refractivity contribution in [1.29, 1.82) is 0 Å². The third-order valence-corrected chi connectivity index (χ3v) is 4.77. The molecule has 0 fully saturated rings. The SMILES string of the molecule is CC(CNc1ccc(Br)c(Cl)c1Cl)c1ccccc1. The third-order valence-electron chi connectivity index (χ3n) is 3.00. The van der Waals surface area contributed by atoms with Crippen molar-refractivity contribution in [3.8, 4) is 0 Å². The fraction of sp³-hybridized carbons (Fsp3) is 0.200. The Labute approximate surface area is 132 Å². The second-order valence-electron chi connectivity index (χ2n) is 4.42. The maximum absolute atomic E-state index is 6.20. The Hall–Kier alpha value is -0.700. The van der Waals surface area contributed by atoms with Gasteiger partial charge in [0.2, 0.25) is 0 Å². The number of anilines is 1. The van der Waals surface area contributed by atoms with Gasteiger partial charge < -0.3 is 5.32 Å². The Morgan fingerprint density at radius 1 is 1.05 bits per heavy atom. The van der Waals surface area contributed by atoms with E-state index in [0.29, 0.717) is 16.0 Å². The van der Waals surface area contributed by atoms with Crippen LogP contribution in [0.2, 0.25) is 10.0 Å². The minimum absolute atomic E-state index is 0.402. The highest BCUT2D eigenvalue weighted by Gasteiger charge is 2.10. The van der Waals surface area contributed by atoms with Crippen LogP contribution in [0.1, 0.15) is 18.4 Å². The van der Waals surface area contributed by atoms with Gasteiger partial charge in [-0.3, -0.25) is 0 Å². The van der Waals surface area contributed by atoms with Crippen molar-refractivity contribution in [2.75, 3.05) is 11.9 Å². The standard InChI is InChI=1S/C15H14BrCl2N/c1-10(11-5-3-2-4-6-11)9-19-13-8-7-12(16)14(17)15(13)18/h2-8,10,19H,9H2,1H3. The van der Waals surface area contributed by atoms with E-state index in [1.54, 1.807) is 0 Å². The lowest BCUT2D eigenvalue weighted by atomic mass is 10.0. The fourth-order valence-electron chi connectivity index (χ4n) is 1.82. The molecule has 0 spiro atoms. The number of halogens is 3. The molecule has 0 aromatic heterocycles. The smallest absolute Gasteiger partial charge is 0.0835 e. The molecule has 100 valence electrons. The molecule has 0 amide bonds. The van der Waals surface area contributed by atoms with Gasteiger partial charge in [-0.25, -0.2) is 0 Å². The zero-order valence-corrected chi connectivity index (χ0v) is 13.6. The van der Waals surface area contributed by atoms with Crippen LogP contribution in [0.15, 0.2) is 46.9 Å². The van der Waals surface area contributed by atoms with Crippen LogP contribution >= 0.6 is 39.1 Å². The third kappa shape index (κ3) is 3.65. The molecule has 0 saturated carbocycles. The van der Waals surface area contributed by atoms with Crippen molar-refractivity contribution < 1.29 is 0 Å². The monoisotopic (exact) mass is 357 g/mol. The molecule has 4 heteroatoms. The van der Waals surface area contributed by atoms with Gasteiger partial charge in [0.25, 0.3) is 0 Å². The van der Waals surface area contributed by atoms with E-state index in [0.717, 1.165) is 16.7 Å². The average molecular weight is 359 g/mol. The molecular weight excluding hydrogens is 345 g/mol. The molecule has 19 heavy (non-hydrogen) atoms. The van der Waals surface area contributed by atoms with E-state index in [1.807, 2.05) is 18.2 Å². The number of hydrogen-bond donors (Lipinski definition) is 1. The predicted molar refractivity (Wildman–Crippen MR) is 87.5 cm³/mol. The van der Waals surface area contributed by atoms with E-state index in [-0.39, 0.29) is 0 Å². The van der Waals surface area contributed by atoms with E-state index in [4.69, 9.17) is 23.2 Å². The maximum Gasteiger partial charge on any atom is 0.0835 e. The first kappa shape index (κ1) is 14.7. The molecule has 0 radical (unpaired) electrons. The number of rotatable bonds is 4. The molecule has 0 heterocycles. The van der Waals surface area contributed by atoms with Gasteiger partial charge in [-0.15, -0.1) is 0 Å². The maximum atomic E-state index is 6.20. The predicted octanol–water partition coefficient (Wildman–Crippen LogP) is 5.97. The minimum atomic E-state index is 0.402. The van der Waals surface area contributed by atoms with E-state index in [9.17, 15) is 0 Å². The summed E-state index contributed by atoms with van der Waals surface area (Å²) >= 11 is 15.7. The molecule has 1 nitrogen and oxygen atoms in total. The molecule has 1 unspecified atom stereocenters. The Morgan fingerprint density at radius 2 is 1.74 bits per heavy atom. The van der Waals surface area contributed by atoms with Crippen LogP contribution in [0.3, 0.4) is 0 Å². The Morgan fingerprint density at radius 3 is 2.42 bits per heavy atom. The molecule has 0 bridgehead atoms. The highest BCUT2D eigenvalue weighted by molar-refractivity contribution is 9.10. The summed E-state index contributed by atoms with van der Waals surface area (Å²) in [7, 11) is 0. The van der Waals surface area contributed by atoms with Gasteiger partial charge in [0.15, 0.2) is 0 Å². The summed E-state index contributed by atoms with van der Waals surface area (Å²) in [6.45, 7) is 2.98. The van der Waals surface area contributed by atoms with E-state index < -0.39 is 0 Å². The summed E-state index contributed by atoms with van der Waals surface area (Å²) in [6, 6.07) is 14.2. The summed E-state index contributed by atoms with van der Waals surface area (Å²) in [5.41, 5.74) is 2.16. The lowest BCUT2D eigenvalue weighted by molar-refractivity contribution is 0.805. The van der Waals surface area contributed by atoms with Crippen molar-refractivity contribution in [1.82, 2.24) is 0 Å². The van der Waals surface area contributed by atoms with Crippen LogP contribution in [0.5, 0.6) is 0 Å². The summed E-state index contributed by atoms with van der Waals surface area (Å²) in [4.78, 5) is 0. The van der Waals surface area contributed by atoms with Gasteiger partial charge in [0.1, 0.15) is 0 Å². The Bertz CT molecular complexity index is 558. The van der Waals surface area contributed by atoms with E-state index in [1.165, 1.54) is 5.56 Å². The second-order valence-corrected chi connectivity index (χ2v) is 6.03. The zero-order chi connectivity index (χ0) is 13.8. The van der Waals surface area contributed by atoms with E-state index >= 15 is 0 Å². The molecule has 0 aliphatic rings. The number of nitrogens with one attached hydrogen (secondary N) is 1. The van der Waals surface area contributed by atoms with Crippen molar-refractivity contribution in [3.63, 3.8) is 0 Å². The van der Waals surface area contributed by atoms with Crippen LogP contribution < -0.4 is 5.32 Å². The quantitative estimate of drug-likeness (QED) is 0.663. The average Bonchev–Trinajstić information content (AvgIpc) is 2.45.